The molecule has 2 aromatic heterocycles. The fourth-order valence-electron chi connectivity index (χ4n) is 3.62. The van der Waals surface area contributed by atoms with Gasteiger partial charge in [0.25, 0.3) is 0 Å². The Hall–Kier alpha value is -3.95. The van der Waals surface area contributed by atoms with Crippen LogP contribution in [-0.4, -0.2) is 47.0 Å². The molecule has 0 aliphatic carbocycles. The molecule has 3 heterocycles. The van der Waals surface area contributed by atoms with Crippen LogP contribution < -0.4 is 9.64 Å². The van der Waals surface area contributed by atoms with Crippen LogP contribution in [0.25, 0.3) is 6.08 Å². The third-order valence-electron chi connectivity index (χ3n) is 5.44. The number of carbonyl (C=O) groups excluding carboxylic acids is 1. The number of anilines is 1. The van der Waals surface area contributed by atoms with Crippen molar-refractivity contribution in [3.05, 3.63) is 84.1 Å². The van der Waals surface area contributed by atoms with Crippen molar-refractivity contribution in [3.63, 3.8) is 0 Å². The summed E-state index contributed by atoms with van der Waals surface area (Å²) in [6.45, 7) is 1.88. The van der Waals surface area contributed by atoms with Gasteiger partial charge in [-0.15, -0.1) is 0 Å². The number of hydrogen-bond donors (Lipinski definition) is 0. The highest BCUT2D eigenvalue weighted by atomic mass is 19.4. The lowest BCUT2D eigenvalue weighted by atomic mass is 10.2. The average molecular weight is 486 g/mol. The minimum Gasteiger partial charge on any atom is -0.453 e. The van der Waals surface area contributed by atoms with Crippen LogP contribution in [0.15, 0.2) is 67.1 Å². The number of nitrogens with zero attached hydrogens (tertiary/aromatic N) is 4. The number of ether oxygens (including phenoxy) is 1. The van der Waals surface area contributed by atoms with Crippen molar-refractivity contribution >= 4 is 17.8 Å². The molecule has 0 spiro atoms. The maximum absolute atomic E-state index is 14.4. The average Bonchev–Trinajstić information content (AvgIpc) is 3.11. The minimum atomic E-state index is -4.44. The number of benzene rings is 1. The van der Waals surface area contributed by atoms with Gasteiger partial charge in [0.1, 0.15) is 11.6 Å². The van der Waals surface area contributed by atoms with Crippen LogP contribution in [0.3, 0.4) is 0 Å². The standard InChI is InChI=1S/C25H22F4N4O2/c26-21-15-18(4-7-22(21)35-20-3-1-10-30-17-20)5-9-24(34)33-12-2-11-32(13-14-33)23-8-6-19(16-31-23)25(27,28)29/h1,3-10,15-17H,2,11-14H2/b9-5+. The SMILES string of the molecule is O=C(/C=C/c1ccc(Oc2cccnc2)c(F)c1)N1CCCN(c2ccc(C(F)(F)F)cn2)CC1. The van der Waals surface area contributed by atoms with Gasteiger partial charge in [-0.1, -0.05) is 6.07 Å². The summed E-state index contributed by atoms with van der Waals surface area (Å²) in [6.07, 6.45) is 2.98. The molecule has 6 nitrogen and oxygen atoms in total. The Balaban J connectivity index is 1.34. The molecule has 0 N–H and O–H groups in total. The summed E-state index contributed by atoms with van der Waals surface area (Å²) in [5.74, 6) is 0.0886. The molecule has 1 fully saturated rings. The molecule has 1 saturated heterocycles. The summed E-state index contributed by atoms with van der Waals surface area (Å²) in [7, 11) is 0. The molecule has 0 saturated carbocycles. The predicted molar refractivity (Wildman–Crippen MR) is 122 cm³/mol. The van der Waals surface area contributed by atoms with Crippen molar-refractivity contribution in [2.75, 3.05) is 31.1 Å². The van der Waals surface area contributed by atoms with E-state index in [1.165, 1.54) is 36.5 Å². The number of amides is 1. The zero-order valence-corrected chi connectivity index (χ0v) is 18.6. The Bertz CT molecular complexity index is 1180. The maximum atomic E-state index is 14.4. The number of halogens is 4. The first-order valence-corrected chi connectivity index (χ1v) is 10.9. The predicted octanol–water partition coefficient (Wildman–Crippen LogP) is 5.18. The van der Waals surface area contributed by atoms with Gasteiger partial charge in [0, 0.05) is 44.6 Å². The first kappa shape index (κ1) is 24.2. The molecule has 1 aliphatic heterocycles. The quantitative estimate of drug-likeness (QED) is 0.368. The fraction of sp³-hybridized carbons (Fsp3) is 0.240. The summed E-state index contributed by atoms with van der Waals surface area (Å²) in [6, 6.07) is 10.1. The van der Waals surface area contributed by atoms with Crippen LogP contribution in [0.2, 0.25) is 0 Å². The number of hydrogen-bond acceptors (Lipinski definition) is 5. The Morgan fingerprint density at radius 1 is 1.03 bits per heavy atom. The van der Waals surface area contributed by atoms with E-state index in [0.29, 0.717) is 49.7 Å². The van der Waals surface area contributed by atoms with Crippen molar-refractivity contribution in [2.45, 2.75) is 12.6 Å². The van der Waals surface area contributed by atoms with Crippen molar-refractivity contribution in [1.29, 1.82) is 0 Å². The van der Waals surface area contributed by atoms with Crippen molar-refractivity contribution < 1.29 is 27.1 Å². The smallest absolute Gasteiger partial charge is 0.417 e. The van der Waals surface area contributed by atoms with Gasteiger partial charge < -0.3 is 14.5 Å². The van der Waals surface area contributed by atoms with Crippen LogP contribution >= 0.6 is 0 Å². The van der Waals surface area contributed by atoms with Crippen LogP contribution in [0.5, 0.6) is 11.5 Å². The summed E-state index contributed by atoms with van der Waals surface area (Å²) in [4.78, 5) is 24.0. The number of aromatic nitrogens is 2. The topological polar surface area (TPSA) is 58.6 Å². The molecule has 3 aromatic rings. The zero-order valence-electron chi connectivity index (χ0n) is 18.6. The van der Waals surface area contributed by atoms with Gasteiger partial charge in [-0.2, -0.15) is 13.2 Å². The minimum absolute atomic E-state index is 0.0472. The van der Waals surface area contributed by atoms with E-state index < -0.39 is 17.6 Å². The van der Waals surface area contributed by atoms with E-state index in [1.54, 1.807) is 29.3 Å². The van der Waals surface area contributed by atoms with E-state index in [-0.39, 0.29) is 11.7 Å². The second-order valence-corrected chi connectivity index (χ2v) is 7.88. The van der Waals surface area contributed by atoms with Gasteiger partial charge in [-0.05, 0) is 54.5 Å². The molecule has 1 aromatic carbocycles. The molecule has 0 bridgehead atoms. The summed E-state index contributed by atoms with van der Waals surface area (Å²) < 4.78 is 58.2. The second-order valence-electron chi connectivity index (χ2n) is 7.88. The third kappa shape index (κ3) is 6.34. The molecule has 0 radical (unpaired) electrons. The van der Waals surface area contributed by atoms with E-state index in [1.807, 2.05) is 4.90 Å². The van der Waals surface area contributed by atoms with Gasteiger partial charge in [0.2, 0.25) is 5.91 Å². The third-order valence-corrected chi connectivity index (χ3v) is 5.44. The van der Waals surface area contributed by atoms with E-state index in [4.69, 9.17) is 4.74 Å². The molecule has 10 heteroatoms. The van der Waals surface area contributed by atoms with Crippen molar-refractivity contribution in [3.8, 4) is 11.5 Å². The number of rotatable bonds is 5. The zero-order chi connectivity index (χ0) is 24.8. The van der Waals surface area contributed by atoms with Gasteiger partial charge in [-0.3, -0.25) is 9.78 Å². The number of pyridine rings is 2. The monoisotopic (exact) mass is 486 g/mol. The van der Waals surface area contributed by atoms with Crippen LogP contribution in [0.4, 0.5) is 23.4 Å². The normalized spacial score (nSPS) is 14.7. The van der Waals surface area contributed by atoms with E-state index >= 15 is 0 Å². The van der Waals surface area contributed by atoms with Crippen LogP contribution in [0, 0.1) is 5.82 Å². The van der Waals surface area contributed by atoms with Crippen LogP contribution in [0.1, 0.15) is 17.5 Å². The highest BCUT2D eigenvalue weighted by molar-refractivity contribution is 5.91. The highest BCUT2D eigenvalue weighted by Crippen LogP contribution is 2.29. The molecular weight excluding hydrogens is 464 g/mol. The van der Waals surface area contributed by atoms with Gasteiger partial charge in [0.05, 0.1) is 11.8 Å². The van der Waals surface area contributed by atoms with E-state index in [2.05, 4.69) is 9.97 Å². The molecule has 4 rings (SSSR count). The van der Waals surface area contributed by atoms with Gasteiger partial charge in [0.15, 0.2) is 11.6 Å². The molecule has 182 valence electrons. The molecule has 0 atom stereocenters. The molecule has 1 amide bonds. The highest BCUT2D eigenvalue weighted by Gasteiger charge is 2.31. The Kier molecular flexibility index (Phi) is 7.28. The lowest BCUT2D eigenvalue weighted by molar-refractivity contribution is -0.137. The fourth-order valence-corrected chi connectivity index (χ4v) is 3.62. The first-order chi connectivity index (χ1) is 16.8. The van der Waals surface area contributed by atoms with E-state index in [9.17, 15) is 22.4 Å². The molecular formula is C25H22F4N4O2. The van der Waals surface area contributed by atoms with Gasteiger partial charge in [-0.25, -0.2) is 9.37 Å². The lowest BCUT2D eigenvalue weighted by Crippen LogP contribution is -2.34. The van der Waals surface area contributed by atoms with Crippen molar-refractivity contribution in [2.24, 2.45) is 0 Å². The van der Waals surface area contributed by atoms with E-state index in [0.717, 1.165) is 12.3 Å². The largest absolute Gasteiger partial charge is 0.453 e. The Labute approximate surface area is 199 Å². The summed E-state index contributed by atoms with van der Waals surface area (Å²) in [5.41, 5.74) is -0.300. The Morgan fingerprint density at radius 2 is 1.89 bits per heavy atom. The van der Waals surface area contributed by atoms with Crippen molar-refractivity contribution in [1.82, 2.24) is 14.9 Å². The van der Waals surface area contributed by atoms with Gasteiger partial charge >= 0.3 is 6.18 Å². The number of alkyl halides is 3. The summed E-state index contributed by atoms with van der Waals surface area (Å²) >= 11 is 0. The first-order valence-electron chi connectivity index (χ1n) is 10.9. The summed E-state index contributed by atoms with van der Waals surface area (Å²) in [5, 5.41) is 0. The second kappa shape index (κ2) is 10.5. The maximum Gasteiger partial charge on any atom is 0.417 e. The molecule has 0 unspecified atom stereocenters. The number of carbonyl (C=O) groups is 1. The molecule has 1 aliphatic rings. The van der Waals surface area contributed by atoms with Crippen LogP contribution in [-0.2, 0) is 11.0 Å². The lowest BCUT2D eigenvalue weighted by Gasteiger charge is -2.22. The molecule has 35 heavy (non-hydrogen) atoms. The Morgan fingerprint density at radius 3 is 2.57 bits per heavy atom.